The molecule has 0 radical (unpaired) electrons. The summed E-state index contributed by atoms with van der Waals surface area (Å²) in [5, 5.41) is 20.8. The van der Waals surface area contributed by atoms with Crippen LogP contribution in [0.15, 0.2) is 23.1 Å². The van der Waals surface area contributed by atoms with Crippen LogP contribution in [-0.2, 0) is 10.0 Å². The summed E-state index contributed by atoms with van der Waals surface area (Å²) in [5.74, 6) is 0. The van der Waals surface area contributed by atoms with E-state index in [9.17, 15) is 23.6 Å². The number of rotatable bonds is 5. The van der Waals surface area contributed by atoms with Gasteiger partial charge in [-0.25, -0.2) is 13.1 Å². The molecule has 1 saturated carbocycles. The van der Waals surface area contributed by atoms with E-state index in [1.807, 2.05) is 0 Å². The topological polar surface area (TPSA) is 110 Å². The van der Waals surface area contributed by atoms with Crippen molar-refractivity contribution < 1.29 is 18.4 Å². The van der Waals surface area contributed by atoms with Gasteiger partial charge in [0.25, 0.3) is 5.69 Å². The van der Waals surface area contributed by atoms with Crippen molar-refractivity contribution in [2.24, 2.45) is 0 Å². The van der Waals surface area contributed by atoms with Gasteiger partial charge in [-0.2, -0.15) is 0 Å². The van der Waals surface area contributed by atoms with Crippen LogP contribution >= 0.6 is 11.6 Å². The van der Waals surface area contributed by atoms with Crippen molar-refractivity contribution in [2.75, 3.05) is 6.54 Å². The summed E-state index contributed by atoms with van der Waals surface area (Å²) in [6.45, 7) is -0.131. The molecule has 0 spiro atoms. The van der Waals surface area contributed by atoms with Gasteiger partial charge in [-0.15, -0.1) is 0 Å². The quantitative estimate of drug-likeness (QED) is 0.630. The molecule has 7 nitrogen and oxygen atoms in total. The molecule has 0 unspecified atom stereocenters. The average molecular weight is 335 g/mol. The molecule has 2 rings (SSSR count). The third kappa shape index (κ3) is 3.70. The molecule has 0 heterocycles. The zero-order valence-electron chi connectivity index (χ0n) is 11.1. The molecule has 21 heavy (non-hydrogen) atoms. The molecule has 116 valence electrons. The van der Waals surface area contributed by atoms with E-state index in [2.05, 4.69) is 4.72 Å². The Balaban J connectivity index is 2.23. The Labute approximate surface area is 127 Å². The molecule has 0 aliphatic heterocycles. The lowest BCUT2D eigenvalue weighted by Gasteiger charge is -2.22. The SMILES string of the molecule is O=[N+]([O-])c1ccc(Cl)c(S(=O)(=O)NCC2(O)CCCC2)c1. The van der Waals surface area contributed by atoms with Gasteiger partial charge in [0.2, 0.25) is 10.0 Å². The van der Waals surface area contributed by atoms with Gasteiger partial charge in [0.15, 0.2) is 0 Å². The molecular formula is C12H15ClN2O5S. The van der Waals surface area contributed by atoms with Crippen molar-refractivity contribution >= 4 is 27.3 Å². The maximum atomic E-state index is 12.2. The minimum atomic E-state index is -4.02. The summed E-state index contributed by atoms with van der Waals surface area (Å²) in [4.78, 5) is 9.66. The fraction of sp³-hybridized carbons (Fsp3) is 0.500. The molecule has 1 aliphatic carbocycles. The van der Waals surface area contributed by atoms with Gasteiger partial charge >= 0.3 is 0 Å². The summed E-state index contributed by atoms with van der Waals surface area (Å²) in [5.41, 5.74) is -1.42. The first kappa shape index (κ1) is 16.2. The van der Waals surface area contributed by atoms with E-state index in [0.717, 1.165) is 25.0 Å². The predicted molar refractivity (Wildman–Crippen MR) is 76.7 cm³/mol. The van der Waals surface area contributed by atoms with Crippen LogP contribution in [0, 0.1) is 10.1 Å². The molecule has 0 atom stereocenters. The first-order valence-electron chi connectivity index (χ1n) is 6.40. The monoisotopic (exact) mass is 334 g/mol. The number of aliphatic hydroxyl groups is 1. The third-order valence-electron chi connectivity index (χ3n) is 3.54. The first-order chi connectivity index (χ1) is 9.73. The Morgan fingerprint density at radius 1 is 1.38 bits per heavy atom. The average Bonchev–Trinajstić information content (AvgIpc) is 2.84. The summed E-state index contributed by atoms with van der Waals surface area (Å²) < 4.78 is 26.7. The van der Waals surface area contributed by atoms with E-state index in [1.165, 1.54) is 6.07 Å². The highest BCUT2D eigenvalue weighted by Gasteiger charge is 2.33. The second kappa shape index (κ2) is 5.88. The van der Waals surface area contributed by atoms with Gasteiger partial charge in [0.1, 0.15) is 4.90 Å². The zero-order chi connectivity index (χ0) is 15.7. The highest BCUT2D eigenvalue weighted by Crippen LogP contribution is 2.30. The molecule has 0 aromatic heterocycles. The largest absolute Gasteiger partial charge is 0.389 e. The number of hydrogen-bond donors (Lipinski definition) is 2. The lowest BCUT2D eigenvalue weighted by atomic mass is 10.0. The van der Waals surface area contributed by atoms with Gasteiger partial charge in [-0.05, 0) is 18.9 Å². The molecule has 0 bridgehead atoms. The molecule has 1 fully saturated rings. The Kier molecular flexibility index (Phi) is 4.52. The van der Waals surface area contributed by atoms with E-state index in [1.54, 1.807) is 0 Å². The lowest BCUT2D eigenvalue weighted by molar-refractivity contribution is -0.385. The van der Waals surface area contributed by atoms with Gasteiger partial charge in [-0.3, -0.25) is 10.1 Å². The number of nitro benzene ring substituents is 1. The molecule has 1 aliphatic rings. The van der Waals surface area contributed by atoms with E-state index in [0.29, 0.717) is 12.8 Å². The van der Waals surface area contributed by atoms with Crippen molar-refractivity contribution in [3.05, 3.63) is 33.3 Å². The van der Waals surface area contributed by atoms with Crippen LogP contribution in [0.5, 0.6) is 0 Å². The third-order valence-corrected chi connectivity index (χ3v) is 5.42. The molecule has 1 aromatic carbocycles. The van der Waals surface area contributed by atoms with Crippen LogP contribution < -0.4 is 4.72 Å². The molecular weight excluding hydrogens is 320 g/mol. The Bertz CT molecular complexity index is 656. The van der Waals surface area contributed by atoms with Gasteiger partial charge in [0.05, 0.1) is 15.5 Å². The van der Waals surface area contributed by atoms with Crippen LogP contribution in [0.25, 0.3) is 0 Å². The van der Waals surface area contributed by atoms with Gasteiger partial charge in [0, 0.05) is 18.7 Å². The number of benzene rings is 1. The lowest BCUT2D eigenvalue weighted by Crippen LogP contribution is -2.40. The summed E-state index contributed by atoms with van der Waals surface area (Å²) in [6, 6.07) is 3.20. The van der Waals surface area contributed by atoms with E-state index < -0.39 is 20.5 Å². The van der Waals surface area contributed by atoms with E-state index in [-0.39, 0.29) is 22.2 Å². The fourth-order valence-corrected chi connectivity index (χ4v) is 3.97. The minimum Gasteiger partial charge on any atom is -0.389 e. The zero-order valence-corrected chi connectivity index (χ0v) is 12.7. The standard InChI is InChI=1S/C12H15ClN2O5S/c13-10-4-3-9(15(17)18)7-11(10)21(19,20)14-8-12(16)5-1-2-6-12/h3-4,7,14,16H,1-2,5-6,8H2. The van der Waals surface area contributed by atoms with Crippen LogP contribution in [-0.4, -0.2) is 30.6 Å². The van der Waals surface area contributed by atoms with Crippen LogP contribution in [0.4, 0.5) is 5.69 Å². The van der Waals surface area contributed by atoms with Gasteiger partial charge < -0.3 is 5.11 Å². The minimum absolute atomic E-state index is 0.105. The summed E-state index contributed by atoms with van der Waals surface area (Å²) in [7, 11) is -4.02. The number of sulfonamides is 1. The first-order valence-corrected chi connectivity index (χ1v) is 8.26. The number of nitro groups is 1. The second-order valence-corrected chi connectivity index (χ2v) is 7.27. The number of nitrogens with zero attached hydrogens (tertiary/aromatic N) is 1. The Hall–Kier alpha value is -1.22. The molecule has 0 amide bonds. The maximum Gasteiger partial charge on any atom is 0.270 e. The molecule has 0 saturated heterocycles. The highest BCUT2D eigenvalue weighted by atomic mass is 35.5. The summed E-state index contributed by atoms with van der Waals surface area (Å²) >= 11 is 5.81. The number of nitrogens with one attached hydrogen (secondary N) is 1. The maximum absolute atomic E-state index is 12.2. The number of halogens is 1. The van der Waals surface area contributed by atoms with E-state index >= 15 is 0 Å². The van der Waals surface area contributed by atoms with Gasteiger partial charge in [-0.1, -0.05) is 24.4 Å². The Morgan fingerprint density at radius 2 is 2.00 bits per heavy atom. The van der Waals surface area contributed by atoms with Crippen LogP contribution in [0.3, 0.4) is 0 Å². The molecule has 9 heteroatoms. The van der Waals surface area contributed by atoms with Crippen molar-refractivity contribution in [3.8, 4) is 0 Å². The van der Waals surface area contributed by atoms with Crippen molar-refractivity contribution in [1.29, 1.82) is 0 Å². The van der Waals surface area contributed by atoms with Crippen molar-refractivity contribution in [1.82, 2.24) is 4.72 Å². The number of non-ortho nitro benzene ring substituents is 1. The summed E-state index contributed by atoms with van der Waals surface area (Å²) in [6.07, 6.45) is 2.74. The predicted octanol–water partition coefficient (Wildman–Crippen LogP) is 1.83. The fourth-order valence-electron chi connectivity index (χ4n) is 2.33. The highest BCUT2D eigenvalue weighted by molar-refractivity contribution is 7.89. The van der Waals surface area contributed by atoms with Crippen LogP contribution in [0.1, 0.15) is 25.7 Å². The van der Waals surface area contributed by atoms with Crippen LogP contribution in [0.2, 0.25) is 5.02 Å². The smallest absolute Gasteiger partial charge is 0.270 e. The second-order valence-electron chi connectivity index (χ2n) is 5.13. The Morgan fingerprint density at radius 3 is 2.57 bits per heavy atom. The normalized spacial score (nSPS) is 17.8. The van der Waals surface area contributed by atoms with E-state index in [4.69, 9.17) is 11.6 Å². The molecule has 2 N–H and O–H groups in total. The molecule has 1 aromatic rings. The van der Waals surface area contributed by atoms with Crippen molar-refractivity contribution in [3.63, 3.8) is 0 Å². The number of hydrogen-bond acceptors (Lipinski definition) is 5. The van der Waals surface area contributed by atoms with Crippen molar-refractivity contribution in [2.45, 2.75) is 36.2 Å².